The Morgan fingerprint density at radius 1 is 1.13 bits per heavy atom. The van der Waals surface area contributed by atoms with Crippen LogP contribution in [0.25, 0.3) is 16.7 Å². The third-order valence-electron chi connectivity index (χ3n) is 5.47. The van der Waals surface area contributed by atoms with Gasteiger partial charge in [0.2, 0.25) is 0 Å². The summed E-state index contributed by atoms with van der Waals surface area (Å²) in [6.45, 7) is 4.48. The van der Waals surface area contributed by atoms with Crippen molar-refractivity contribution in [2.45, 2.75) is 32.9 Å². The SMILES string of the molecule is CCc1ccc(NCC(O)Cn2c3ccccc3n3c(=O)cc(C)c(C#N)c23)cc1. The molecule has 1 atom stereocenters. The number of aryl methyl sites for hydroxylation is 2. The Labute approximate surface area is 174 Å². The van der Waals surface area contributed by atoms with Crippen LogP contribution in [0.15, 0.2) is 59.4 Å². The Bertz CT molecular complexity index is 1310. The first-order valence-corrected chi connectivity index (χ1v) is 10.1. The zero-order valence-corrected chi connectivity index (χ0v) is 17.1. The summed E-state index contributed by atoms with van der Waals surface area (Å²) < 4.78 is 3.43. The number of anilines is 1. The summed E-state index contributed by atoms with van der Waals surface area (Å²) in [7, 11) is 0. The molecule has 2 N–H and O–H groups in total. The molecule has 0 spiro atoms. The summed E-state index contributed by atoms with van der Waals surface area (Å²) in [5.41, 5.74) is 5.16. The lowest BCUT2D eigenvalue weighted by atomic mass is 10.1. The number of pyridine rings is 1. The number of para-hydroxylation sites is 2. The number of rotatable bonds is 6. The van der Waals surface area contributed by atoms with Crippen LogP contribution in [0.2, 0.25) is 0 Å². The van der Waals surface area contributed by atoms with Crippen LogP contribution in [-0.2, 0) is 13.0 Å². The minimum Gasteiger partial charge on any atom is -0.389 e. The quantitative estimate of drug-likeness (QED) is 0.519. The molecular weight excluding hydrogens is 376 g/mol. The molecule has 30 heavy (non-hydrogen) atoms. The first-order chi connectivity index (χ1) is 14.5. The number of nitrogens with one attached hydrogen (secondary N) is 1. The van der Waals surface area contributed by atoms with Crippen LogP contribution < -0.4 is 10.9 Å². The maximum absolute atomic E-state index is 12.7. The Morgan fingerprint density at radius 3 is 2.50 bits per heavy atom. The molecule has 0 saturated heterocycles. The van der Waals surface area contributed by atoms with Gasteiger partial charge in [0.1, 0.15) is 11.7 Å². The van der Waals surface area contributed by atoms with Gasteiger partial charge in [0.05, 0.1) is 29.2 Å². The predicted octanol–water partition coefficient (Wildman–Crippen LogP) is 3.47. The topological polar surface area (TPSA) is 82.5 Å². The van der Waals surface area contributed by atoms with Crippen molar-refractivity contribution in [1.29, 1.82) is 5.26 Å². The number of benzene rings is 2. The predicted molar refractivity (Wildman–Crippen MR) is 119 cm³/mol. The van der Waals surface area contributed by atoms with E-state index in [2.05, 4.69) is 30.4 Å². The normalized spacial score (nSPS) is 12.2. The van der Waals surface area contributed by atoms with E-state index in [1.165, 1.54) is 11.6 Å². The summed E-state index contributed by atoms with van der Waals surface area (Å²) in [6.07, 6.45) is 0.272. The van der Waals surface area contributed by atoms with Crippen molar-refractivity contribution < 1.29 is 5.11 Å². The molecule has 0 fully saturated rings. The van der Waals surface area contributed by atoms with E-state index in [9.17, 15) is 15.2 Å². The highest BCUT2D eigenvalue weighted by Gasteiger charge is 2.19. The monoisotopic (exact) mass is 400 g/mol. The lowest BCUT2D eigenvalue weighted by molar-refractivity contribution is 0.169. The van der Waals surface area contributed by atoms with E-state index in [4.69, 9.17) is 0 Å². The van der Waals surface area contributed by atoms with E-state index in [1.54, 1.807) is 11.3 Å². The highest BCUT2D eigenvalue weighted by Crippen LogP contribution is 2.24. The van der Waals surface area contributed by atoms with Gasteiger partial charge >= 0.3 is 0 Å². The average Bonchev–Trinajstić information content (AvgIpc) is 3.07. The van der Waals surface area contributed by atoms with Gasteiger partial charge in [-0.05, 0) is 48.7 Å². The van der Waals surface area contributed by atoms with Gasteiger partial charge in [-0.1, -0.05) is 31.2 Å². The van der Waals surface area contributed by atoms with Crippen LogP contribution in [0.4, 0.5) is 5.69 Å². The Balaban J connectivity index is 1.70. The number of aliphatic hydroxyl groups excluding tert-OH is 1. The maximum atomic E-state index is 12.7. The van der Waals surface area contributed by atoms with Crippen LogP contribution in [0.5, 0.6) is 0 Å². The minimum absolute atomic E-state index is 0.180. The standard InChI is InChI=1S/C24H24N4O2/c1-3-17-8-10-18(11-9-17)26-14-19(29)15-27-21-6-4-5-7-22(21)28-23(30)12-16(2)20(13-25)24(27)28/h4-12,19,26,29H,3,14-15H2,1-2H3. The third kappa shape index (κ3) is 3.44. The van der Waals surface area contributed by atoms with E-state index in [-0.39, 0.29) is 12.1 Å². The molecule has 0 aliphatic heterocycles. The Kier molecular flexibility index (Phi) is 5.30. The molecule has 6 heteroatoms. The fourth-order valence-corrected chi connectivity index (χ4v) is 3.89. The number of aliphatic hydroxyl groups is 1. The van der Waals surface area contributed by atoms with Crippen LogP contribution in [0.3, 0.4) is 0 Å². The highest BCUT2D eigenvalue weighted by molar-refractivity contribution is 5.84. The van der Waals surface area contributed by atoms with Gasteiger partial charge in [-0.3, -0.25) is 9.20 Å². The first kappa shape index (κ1) is 19.7. The molecule has 6 nitrogen and oxygen atoms in total. The molecule has 2 aromatic carbocycles. The lowest BCUT2D eigenvalue weighted by Crippen LogP contribution is -2.25. The smallest absolute Gasteiger partial charge is 0.257 e. The summed E-state index contributed by atoms with van der Waals surface area (Å²) >= 11 is 0. The Morgan fingerprint density at radius 2 is 1.83 bits per heavy atom. The number of hydrogen-bond donors (Lipinski definition) is 2. The van der Waals surface area contributed by atoms with Gasteiger partial charge < -0.3 is 15.0 Å². The number of hydrogen-bond acceptors (Lipinski definition) is 4. The molecule has 0 aliphatic carbocycles. The molecule has 2 heterocycles. The molecule has 2 aromatic heterocycles. The third-order valence-corrected chi connectivity index (χ3v) is 5.47. The fraction of sp³-hybridized carbons (Fsp3) is 0.250. The molecule has 0 saturated carbocycles. The van der Waals surface area contributed by atoms with Crippen molar-refractivity contribution in [2.75, 3.05) is 11.9 Å². The number of aromatic nitrogens is 2. The first-order valence-electron chi connectivity index (χ1n) is 10.1. The van der Waals surface area contributed by atoms with Crippen molar-refractivity contribution >= 4 is 22.4 Å². The molecule has 0 aliphatic rings. The van der Waals surface area contributed by atoms with E-state index >= 15 is 0 Å². The second-order valence-electron chi connectivity index (χ2n) is 7.50. The van der Waals surface area contributed by atoms with Crippen molar-refractivity contribution in [3.63, 3.8) is 0 Å². The number of nitrogens with zero attached hydrogens (tertiary/aromatic N) is 3. The largest absolute Gasteiger partial charge is 0.389 e. The zero-order valence-electron chi connectivity index (χ0n) is 17.1. The summed E-state index contributed by atoms with van der Waals surface area (Å²) in [5.74, 6) is 0. The average molecular weight is 400 g/mol. The molecule has 0 amide bonds. The number of imidazole rings is 1. The second-order valence-corrected chi connectivity index (χ2v) is 7.50. The number of nitriles is 1. The van der Waals surface area contributed by atoms with Crippen LogP contribution >= 0.6 is 0 Å². The maximum Gasteiger partial charge on any atom is 0.257 e. The van der Waals surface area contributed by atoms with E-state index in [0.29, 0.717) is 23.3 Å². The minimum atomic E-state index is -0.711. The Hall–Kier alpha value is -3.56. The van der Waals surface area contributed by atoms with Crippen molar-refractivity contribution in [3.05, 3.63) is 81.6 Å². The summed E-state index contributed by atoms with van der Waals surface area (Å²) in [6, 6.07) is 19.4. The molecule has 152 valence electrons. The summed E-state index contributed by atoms with van der Waals surface area (Å²) in [4.78, 5) is 12.7. The van der Waals surface area contributed by atoms with E-state index in [0.717, 1.165) is 23.1 Å². The van der Waals surface area contributed by atoms with Crippen LogP contribution in [-0.4, -0.2) is 26.7 Å². The number of fused-ring (bicyclic) bond motifs is 3. The van der Waals surface area contributed by atoms with Gasteiger partial charge in [-0.25, -0.2) is 0 Å². The van der Waals surface area contributed by atoms with Gasteiger partial charge in [-0.15, -0.1) is 0 Å². The van der Waals surface area contributed by atoms with Crippen molar-refractivity contribution in [1.82, 2.24) is 8.97 Å². The van der Waals surface area contributed by atoms with Crippen LogP contribution in [0, 0.1) is 18.3 Å². The van der Waals surface area contributed by atoms with E-state index in [1.807, 2.05) is 41.0 Å². The van der Waals surface area contributed by atoms with E-state index < -0.39 is 6.10 Å². The highest BCUT2D eigenvalue weighted by atomic mass is 16.3. The molecule has 1 unspecified atom stereocenters. The zero-order chi connectivity index (χ0) is 21.3. The lowest BCUT2D eigenvalue weighted by Gasteiger charge is -2.16. The van der Waals surface area contributed by atoms with Gasteiger partial charge in [-0.2, -0.15) is 5.26 Å². The van der Waals surface area contributed by atoms with Gasteiger partial charge in [0.25, 0.3) is 5.56 Å². The van der Waals surface area contributed by atoms with Gasteiger partial charge in [0, 0.05) is 18.3 Å². The van der Waals surface area contributed by atoms with Crippen molar-refractivity contribution in [2.24, 2.45) is 0 Å². The molecule has 4 rings (SSSR count). The van der Waals surface area contributed by atoms with Gasteiger partial charge in [0.15, 0.2) is 0 Å². The van der Waals surface area contributed by atoms with Crippen molar-refractivity contribution in [3.8, 4) is 6.07 Å². The molecule has 4 aromatic rings. The second kappa shape index (κ2) is 8.05. The van der Waals surface area contributed by atoms with Crippen LogP contribution in [0.1, 0.15) is 23.6 Å². The molecular formula is C24H24N4O2. The molecule has 0 bridgehead atoms. The fourth-order valence-electron chi connectivity index (χ4n) is 3.89. The molecule has 0 radical (unpaired) electrons. The summed E-state index contributed by atoms with van der Waals surface area (Å²) in [5, 5.41) is 23.7.